The number of fused-ring (bicyclic) bond motifs is 2. The van der Waals surface area contributed by atoms with Gasteiger partial charge in [0.25, 0.3) is 0 Å². The third kappa shape index (κ3) is 4.09. The Morgan fingerprint density at radius 1 is 1.05 bits per heavy atom. The molecule has 1 atom stereocenters. The van der Waals surface area contributed by atoms with E-state index in [4.69, 9.17) is 15.2 Å². The molecule has 6 rings (SSSR count). The van der Waals surface area contributed by atoms with E-state index in [1.54, 1.807) is 4.68 Å². The van der Waals surface area contributed by atoms with Gasteiger partial charge in [-0.3, -0.25) is 4.90 Å². The number of hydrogen-bond donors (Lipinski definition) is 1. The molecule has 0 aliphatic carbocycles. The Hall–Kier alpha value is -4.30. The summed E-state index contributed by atoms with van der Waals surface area (Å²) in [6, 6.07) is 17.8. The molecular weight excluding hydrogens is 464 g/mol. The SMILES string of the molecule is Cc1nn(C(C)c2oc(=O)c3ccccc3c2C2=CCN(Cc3ccccc3)CC2)c2ncnc(N)c12. The lowest BCUT2D eigenvalue weighted by atomic mass is 9.92. The molecule has 8 nitrogen and oxygen atoms in total. The topological polar surface area (TPSA) is 103 Å². The molecule has 0 bridgehead atoms. The van der Waals surface area contributed by atoms with Crippen LogP contribution in [-0.4, -0.2) is 37.7 Å². The van der Waals surface area contributed by atoms with Gasteiger partial charge in [0.2, 0.25) is 0 Å². The van der Waals surface area contributed by atoms with E-state index in [1.165, 1.54) is 17.5 Å². The quantitative estimate of drug-likeness (QED) is 0.379. The summed E-state index contributed by atoms with van der Waals surface area (Å²) < 4.78 is 7.84. The second-order valence-corrected chi connectivity index (χ2v) is 9.54. The van der Waals surface area contributed by atoms with Gasteiger partial charge in [0, 0.05) is 25.2 Å². The fourth-order valence-corrected chi connectivity index (χ4v) is 5.32. The van der Waals surface area contributed by atoms with Crippen LogP contribution in [0.3, 0.4) is 0 Å². The average molecular weight is 493 g/mol. The first kappa shape index (κ1) is 23.1. The summed E-state index contributed by atoms with van der Waals surface area (Å²) in [6.45, 7) is 6.49. The zero-order valence-corrected chi connectivity index (χ0v) is 20.9. The van der Waals surface area contributed by atoms with Gasteiger partial charge in [-0.15, -0.1) is 0 Å². The van der Waals surface area contributed by atoms with Crippen LogP contribution in [0.4, 0.5) is 5.82 Å². The van der Waals surface area contributed by atoms with Crippen molar-refractivity contribution < 1.29 is 4.42 Å². The van der Waals surface area contributed by atoms with Crippen molar-refractivity contribution >= 4 is 33.2 Å². The Bertz CT molecular complexity index is 1700. The summed E-state index contributed by atoms with van der Waals surface area (Å²) in [6.07, 6.45) is 4.54. The van der Waals surface area contributed by atoms with Crippen molar-refractivity contribution in [1.29, 1.82) is 0 Å². The van der Waals surface area contributed by atoms with E-state index in [0.717, 1.165) is 42.7 Å². The van der Waals surface area contributed by atoms with Crippen LogP contribution in [0.2, 0.25) is 0 Å². The van der Waals surface area contributed by atoms with E-state index in [2.05, 4.69) is 45.2 Å². The fraction of sp³-hybridized carbons (Fsp3) is 0.241. The summed E-state index contributed by atoms with van der Waals surface area (Å²) >= 11 is 0. The Balaban J connectivity index is 1.46. The molecule has 5 aromatic rings. The van der Waals surface area contributed by atoms with Crippen molar-refractivity contribution in [3.63, 3.8) is 0 Å². The monoisotopic (exact) mass is 492 g/mol. The summed E-state index contributed by atoms with van der Waals surface area (Å²) in [5.74, 6) is 0.961. The summed E-state index contributed by atoms with van der Waals surface area (Å²) in [4.78, 5) is 24.1. The number of benzene rings is 2. The van der Waals surface area contributed by atoms with E-state index >= 15 is 0 Å². The molecule has 3 aromatic heterocycles. The van der Waals surface area contributed by atoms with Crippen LogP contribution in [-0.2, 0) is 6.54 Å². The van der Waals surface area contributed by atoms with E-state index in [1.807, 2.05) is 44.2 Å². The van der Waals surface area contributed by atoms with E-state index in [0.29, 0.717) is 28.0 Å². The molecule has 0 amide bonds. The summed E-state index contributed by atoms with van der Waals surface area (Å²) in [5, 5.41) is 6.91. The van der Waals surface area contributed by atoms with Gasteiger partial charge in [-0.1, -0.05) is 54.6 Å². The molecule has 4 heterocycles. The standard InChI is InChI=1S/C29H28N6O2/c1-18-24-27(30)31-17-32-28(24)35(33-18)19(2)26-25(22-10-6-7-11-23(22)29(36)37-26)21-12-14-34(15-13-21)16-20-8-4-3-5-9-20/h3-12,17,19H,13-16H2,1-2H3,(H2,30,31,32). The highest BCUT2D eigenvalue weighted by molar-refractivity contribution is 5.94. The lowest BCUT2D eigenvalue weighted by Crippen LogP contribution is -2.28. The molecule has 0 fully saturated rings. The number of aryl methyl sites for hydroxylation is 1. The maximum absolute atomic E-state index is 13.1. The first-order valence-corrected chi connectivity index (χ1v) is 12.5. The molecule has 1 aliphatic heterocycles. The average Bonchev–Trinajstić information content (AvgIpc) is 3.27. The van der Waals surface area contributed by atoms with E-state index < -0.39 is 0 Å². The molecular formula is C29H28N6O2. The second-order valence-electron chi connectivity index (χ2n) is 9.54. The lowest BCUT2D eigenvalue weighted by molar-refractivity contribution is 0.293. The molecule has 186 valence electrons. The first-order valence-electron chi connectivity index (χ1n) is 12.5. The predicted octanol–water partition coefficient (Wildman–Crippen LogP) is 4.72. The van der Waals surface area contributed by atoms with Gasteiger partial charge in [0.15, 0.2) is 5.65 Å². The van der Waals surface area contributed by atoms with Crippen LogP contribution < -0.4 is 11.4 Å². The largest absolute Gasteiger partial charge is 0.424 e. The van der Waals surface area contributed by atoms with Gasteiger partial charge >= 0.3 is 5.63 Å². The molecule has 0 saturated heterocycles. The Labute approximate surface area is 214 Å². The van der Waals surface area contributed by atoms with Gasteiger partial charge < -0.3 is 10.2 Å². The number of hydrogen-bond acceptors (Lipinski definition) is 7. The summed E-state index contributed by atoms with van der Waals surface area (Å²) in [5.41, 5.74) is 10.6. The van der Waals surface area contributed by atoms with Crippen molar-refractivity contribution in [2.24, 2.45) is 0 Å². The Kier molecular flexibility index (Phi) is 5.81. The number of anilines is 1. The molecule has 2 aromatic carbocycles. The molecule has 0 saturated carbocycles. The third-order valence-corrected chi connectivity index (χ3v) is 7.17. The minimum atomic E-state index is -0.388. The van der Waals surface area contributed by atoms with Crippen molar-refractivity contribution in [3.05, 3.63) is 100 Å². The fourth-order valence-electron chi connectivity index (χ4n) is 5.32. The number of aromatic nitrogens is 4. The normalized spacial score (nSPS) is 15.2. The maximum atomic E-state index is 13.1. The molecule has 1 aliphatic rings. The van der Waals surface area contributed by atoms with Gasteiger partial charge in [0.1, 0.15) is 23.9 Å². The van der Waals surface area contributed by atoms with Gasteiger partial charge in [0.05, 0.1) is 16.5 Å². The zero-order valence-electron chi connectivity index (χ0n) is 20.9. The van der Waals surface area contributed by atoms with Crippen LogP contribution >= 0.6 is 0 Å². The molecule has 2 N–H and O–H groups in total. The molecule has 37 heavy (non-hydrogen) atoms. The first-order chi connectivity index (χ1) is 18.0. The predicted molar refractivity (Wildman–Crippen MR) is 145 cm³/mol. The number of rotatable bonds is 5. The van der Waals surface area contributed by atoms with Crippen LogP contribution in [0.1, 0.15) is 42.0 Å². The minimum absolute atomic E-state index is 0.356. The van der Waals surface area contributed by atoms with Gasteiger partial charge in [-0.05, 0) is 42.9 Å². The maximum Gasteiger partial charge on any atom is 0.343 e. The van der Waals surface area contributed by atoms with Crippen LogP contribution in [0.15, 0.2) is 76.2 Å². The highest BCUT2D eigenvalue weighted by Gasteiger charge is 2.27. The van der Waals surface area contributed by atoms with Crippen LogP contribution in [0, 0.1) is 6.92 Å². The Morgan fingerprint density at radius 2 is 1.81 bits per heavy atom. The highest BCUT2D eigenvalue weighted by Crippen LogP contribution is 2.36. The van der Waals surface area contributed by atoms with Crippen molar-refractivity contribution in [1.82, 2.24) is 24.6 Å². The molecule has 1 unspecified atom stereocenters. The Morgan fingerprint density at radius 3 is 2.57 bits per heavy atom. The zero-order chi connectivity index (χ0) is 25.5. The van der Waals surface area contributed by atoms with E-state index in [-0.39, 0.29) is 11.7 Å². The molecule has 0 spiro atoms. The number of nitrogens with zero attached hydrogens (tertiary/aromatic N) is 5. The number of nitrogen functional groups attached to an aromatic ring is 1. The van der Waals surface area contributed by atoms with Gasteiger partial charge in [-0.25, -0.2) is 19.4 Å². The third-order valence-electron chi connectivity index (χ3n) is 7.17. The lowest BCUT2D eigenvalue weighted by Gasteiger charge is -2.28. The van der Waals surface area contributed by atoms with E-state index in [9.17, 15) is 4.79 Å². The van der Waals surface area contributed by atoms with Crippen molar-refractivity contribution in [3.8, 4) is 0 Å². The smallest absolute Gasteiger partial charge is 0.343 e. The number of nitrogens with two attached hydrogens (primary N) is 1. The van der Waals surface area contributed by atoms with Crippen molar-refractivity contribution in [2.45, 2.75) is 32.9 Å². The minimum Gasteiger partial charge on any atom is -0.424 e. The molecule has 8 heteroatoms. The molecule has 0 radical (unpaired) electrons. The summed E-state index contributed by atoms with van der Waals surface area (Å²) in [7, 11) is 0. The van der Waals surface area contributed by atoms with Crippen LogP contribution in [0.25, 0.3) is 27.4 Å². The van der Waals surface area contributed by atoms with Gasteiger partial charge in [-0.2, -0.15) is 5.10 Å². The van der Waals surface area contributed by atoms with Crippen molar-refractivity contribution in [2.75, 3.05) is 18.8 Å². The van der Waals surface area contributed by atoms with Crippen LogP contribution in [0.5, 0.6) is 0 Å². The second kappa shape index (κ2) is 9.29. The highest BCUT2D eigenvalue weighted by atomic mass is 16.4.